The highest BCUT2D eigenvalue weighted by atomic mass is 16.3. The normalized spacial score (nSPS) is 15.0. The minimum atomic E-state index is -0.487. The van der Waals surface area contributed by atoms with Crippen molar-refractivity contribution in [2.45, 2.75) is 6.04 Å². The van der Waals surface area contributed by atoms with Gasteiger partial charge in [-0.15, -0.1) is 0 Å². The molecule has 38 heavy (non-hydrogen) atoms. The molecule has 1 N–H and O–H groups in total. The molecule has 3 aromatic carbocycles. The summed E-state index contributed by atoms with van der Waals surface area (Å²) in [6.45, 7) is 0.00453. The molecule has 2 aromatic heterocycles. The molecule has 9 heteroatoms. The van der Waals surface area contributed by atoms with Crippen LogP contribution in [0.5, 0.6) is 0 Å². The number of hydrogen-bond donors (Lipinski definition) is 1. The number of aliphatic hydroxyl groups excluding tert-OH is 1. The third-order valence-corrected chi connectivity index (χ3v) is 6.96. The lowest BCUT2D eigenvalue weighted by atomic mass is 9.94. The Morgan fingerprint density at radius 2 is 1.39 bits per heavy atom. The first kappa shape index (κ1) is 23.6. The van der Waals surface area contributed by atoms with Crippen molar-refractivity contribution in [1.82, 2.24) is 18.7 Å². The lowest BCUT2D eigenvalue weighted by Crippen LogP contribution is -2.40. The Morgan fingerprint density at radius 1 is 0.789 bits per heavy atom. The van der Waals surface area contributed by atoms with Crippen molar-refractivity contribution < 1.29 is 5.11 Å². The van der Waals surface area contributed by atoms with Gasteiger partial charge in [0.15, 0.2) is 11.2 Å². The van der Waals surface area contributed by atoms with E-state index in [4.69, 9.17) is 10.1 Å². The van der Waals surface area contributed by atoms with Crippen LogP contribution in [0.25, 0.3) is 22.3 Å². The quantitative estimate of drug-likeness (QED) is 0.395. The number of anilines is 1. The van der Waals surface area contributed by atoms with E-state index < -0.39 is 17.3 Å². The van der Waals surface area contributed by atoms with Crippen LogP contribution in [0.4, 0.5) is 5.95 Å². The number of hydrogen-bond acceptors (Lipinski definition) is 6. The summed E-state index contributed by atoms with van der Waals surface area (Å²) in [4.78, 5) is 30.9. The van der Waals surface area contributed by atoms with Crippen LogP contribution in [0.1, 0.15) is 17.2 Å². The maximum Gasteiger partial charge on any atom is 0.332 e. The number of aromatic nitrogens is 4. The van der Waals surface area contributed by atoms with E-state index in [1.807, 2.05) is 65.2 Å². The lowest BCUT2D eigenvalue weighted by Gasteiger charge is -2.32. The Bertz CT molecular complexity index is 1780. The number of aliphatic hydroxyl groups is 1. The third kappa shape index (κ3) is 3.67. The molecule has 0 aliphatic carbocycles. The van der Waals surface area contributed by atoms with Crippen molar-refractivity contribution >= 4 is 22.8 Å². The van der Waals surface area contributed by atoms with Gasteiger partial charge in [-0.05, 0) is 16.7 Å². The summed E-state index contributed by atoms with van der Waals surface area (Å²) in [5, 5.41) is 16.4. The van der Waals surface area contributed by atoms with Crippen LogP contribution in [-0.4, -0.2) is 42.7 Å². The first-order valence-corrected chi connectivity index (χ1v) is 12.3. The second kappa shape index (κ2) is 9.28. The van der Waals surface area contributed by atoms with E-state index in [-0.39, 0.29) is 18.8 Å². The number of β-amino-alcohol motifs (C(OH)–C–C–N with tert-alkyl or cyclic N) is 1. The second-order valence-corrected chi connectivity index (χ2v) is 9.25. The number of benzene rings is 3. The number of imidazole rings is 1. The second-order valence-electron chi connectivity index (χ2n) is 9.25. The summed E-state index contributed by atoms with van der Waals surface area (Å²) in [5.41, 5.74) is 4.35. The molecule has 0 unspecified atom stereocenters. The van der Waals surface area contributed by atoms with Gasteiger partial charge in [-0.1, -0.05) is 84.9 Å². The molecule has 0 radical (unpaired) electrons. The zero-order valence-corrected chi connectivity index (χ0v) is 21.0. The lowest BCUT2D eigenvalue weighted by molar-refractivity contribution is 0.301. The van der Waals surface area contributed by atoms with E-state index in [2.05, 4.69) is 24.3 Å². The van der Waals surface area contributed by atoms with Crippen LogP contribution in [0.3, 0.4) is 0 Å². The van der Waals surface area contributed by atoms with Gasteiger partial charge in [0.25, 0.3) is 5.56 Å². The molecule has 190 valence electrons. The van der Waals surface area contributed by atoms with Crippen LogP contribution < -0.4 is 16.3 Å². The summed E-state index contributed by atoms with van der Waals surface area (Å²) >= 11 is 0. The molecule has 0 fully saturated rings. The minimum Gasteiger partial charge on any atom is -0.394 e. The van der Waals surface area contributed by atoms with E-state index >= 15 is 0 Å². The summed E-state index contributed by atoms with van der Waals surface area (Å²) in [7, 11) is 3.06. The van der Waals surface area contributed by atoms with Crippen LogP contribution in [0, 0.1) is 0 Å². The summed E-state index contributed by atoms with van der Waals surface area (Å²) in [6.07, 6.45) is 0. The van der Waals surface area contributed by atoms with Crippen molar-refractivity contribution in [3.63, 3.8) is 0 Å². The van der Waals surface area contributed by atoms with Gasteiger partial charge in [0.05, 0.1) is 18.9 Å². The average Bonchev–Trinajstić information content (AvgIpc) is 3.37. The van der Waals surface area contributed by atoms with Gasteiger partial charge >= 0.3 is 5.69 Å². The molecule has 0 spiro atoms. The fourth-order valence-electron chi connectivity index (χ4n) is 5.05. The number of fused-ring (bicyclic) bond motifs is 3. The highest BCUT2D eigenvalue weighted by Crippen LogP contribution is 2.36. The van der Waals surface area contributed by atoms with Crippen molar-refractivity contribution in [2.24, 2.45) is 19.2 Å². The van der Waals surface area contributed by atoms with Gasteiger partial charge in [-0.2, -0.15) is 10.1 Å². The molecule has 6 rings (SSSR count). The van der Waals surface area contributed by atoms with Crippen molar-refractivity contribution in [1.29, 1.82) is 0 Å². The van der Waals surface area contributed by atoms with E-state index in [0.717, 1.165) is 26.8 Å². The largest absolute Gasteiger partial charge is 0.394 e. The molecule has 0 amide bonds. The minimum absolute atomic E-state index is 0.167. The zero-order valence-electron chi connectivity index (χ0n) is 21.0. The predicted molar refractivity (Wildman–Crippen MR) is 148 cm³/mol. The molecule has 0 saturated heterocycles. The molecule has 1 aliphatic rings. The topological polar surface area (TPSA) is 97.7 Å². The molecule has 9 nitrogen and oxygen atoms in total. The average molecular weight is 507 g/mol. The molecule has 1 aliphatic heterocycles. The Morgan fingerprint density at radius 3 is 2.05 bits per heavy atom. The van der Waals surface area contributed by atoms with E-state index in [1.54, 1.807) is 12.1 Å². The van der Waals surface area contributed by atoms with Crippen molar-refractivity contribution in [2.75, 3.05) is 18.2 Å². The van der Waals surface area contributed by atoms with Gasteiger partial charge in [-0.25, -0.2) is 9.80 Å². The fraction of sp³-hybridized carbons (Fsp3) is 0.172. The van der Waals surface area contributed by atoms with Crippen molar-refractivity contribution in [3.8, 4) is 11.1 Å². The van der Waals surface area contributed by atoms with E-state index in [9.17, 15) is 14.7 Å². The highest BCUT2D eigenvalue weighted by molar-refractivity contribution is 6.07. The van der Waals surface area contributed by atoms with E-state index in [1.165, 1.54) is 11.6 Å². The monoisotopic (exact) mass is 506 g/mol. The van der Waals surface area contributed by atoms with Gasteiger partial charge in [0.1, 0.15) is 6.04 Å². The van der Waals surface area contributed by atoms with E-state index in [0.29, 0.717) is 17.2 Å². The van der Waals surface area contributed by atoms with Gasteiger partial charge in [0.2, 0.25) is 5.95 Å². The first-order chi connectivity index (χ1) is 18.5. The standard InChI is InChI=1S/C29H26N6O3/c1-32-26-25(27(37)33(2)29(32)38)35-24(22-11-7-4-8-12-22)23(31-34(17-18-36)28(35)30-26)21-15-13-20(14-16-21)19-9-5-3-6-10-19/h3-16,24,36H,17-18H2,1-2H3/t24-/m0/s1. The molecule has 3 heterocycles. The predicted octanol–water partition coefficient (Wildman–Crippen LogP) is 2.91. The smallest absolute Gasteiger partial charge is 0.332 e. The Hall–Kier alpha value is -4.76. The van der Waals surface area contributed by atoms with Gasteiger partial charge < -0.3 is 5.11 Å². The van der Waals surface area contributed by atoms with Crippen LogP contribution in [0.15, 0.2) is 99.6 Å². The molecular formula is C29H26N6O3. The molecule has 5 aromatic rings. The summed E-state index contributed by atoms with van der Waals surface area (Å²) in [5.74, 6) is 0.394. The zero-order chi connectivity index (χ0) is 26.4. The third-order valence-electron chi connectivity index (χ3n) is 6.96. The summed E-state index contributed by atoms with van der Waals surface area (Å²) in [6, 6.07) is 27.6. The fourth-order valence-corrected chi connectivity index (χ4v) is 5.05. The van der Waals surface area contributed by atoms with Crippen LogP contribution in [0.2, 0.25) is 0 Å². The van der Waals surface area contributed by atoms with Crippen LogP contribution >= 0.6 is 0 Å². The van der Waals surface area contributed by atoms with Gasteiger partial charge in [0, 0.05) is 19.7 Å². The SMILES string of the molecule is Cn1c(=O)c2c(nc3n2[C@@H](c2ccccc2)C(c2ccc(-c4ccccc4)cc2)=NN3CCO)n(C)c1=O. The highest BCUT2D eigenvalue weighted by Gasteiger charge is 2.35. The first-order valence-electron chi connectivity index (χ1n) is 12.3. The Kier molecular flexibility index (Phi) is 5.77. The maximum atomic E-state index is 13.5. The molecule has 1 atom stereocenters. The Balaban J connectivity index is 1.62. The van der Waals surface area contributed by atoms with Crippen LogP contribution in [-0.2, 0) is 14.1 Å². The number of nitrogens with zero attached hydrogens (tertiary/aromatic N) is 6. The molecular weight excluding hydrogens is 480 g/mol. The van der Waals surface area contributed by atoms with Crippen molar-refractivity contribution in [3.05, 3.63) is 117 Å². The molecule has 0 bridgehead atoms. The van der Waals surface area contributed by atoms with Gasteiger partial charge in [-0.3, -0.25) is 18.5 Å². The molecule has 0 saturated carbocycles. The Labute approximate surface area is 218 Å². The number of rotatable bonds is 5. The summed E-state index contributed by atoms with van der Waals surface area (Å²) < 4.78 is 4.31. The number of hydrazone groups is 1. The maximum absolute atomic E-state index is 13.5. The number of aryl methyl sites for hydroxylation is 1.